The van der Waals surface area contributed by atoms with Gasteiger partial charge in [-0.25, -0.2) is 0 Å². The molecule has 0 atom stereocenters. The molecule has 0 bridgehead atoms. The van der Waals surface area contributed by atoms with E-state index in [9.17, 15) is 4.79 Å². The lowest BCUT2D eigenvalue weighted by Gasteiger charge is -2.18. The number of carboxylic acids is 1. The first-order chi connectivity index (χ1) is 8.17. The normalized spacial score (nSPS) is 15.4. The summed E-state index contributed by atoms with van der Waals surface area (Å²) < 4.78 is 5.61. The van der Waals surface area contributed by atoms with Gasteiger partial charge >= 0.3 is 5.97 Å². The van der Waals surface area contributed by atoms with Crippen LogP contribution in [0.1, 0.15) is 31.3 Å². The average Bonchev–Trinajstić information content (AvgIpc) is 2.95. The van der Waals surface area contributed by atoms with Gasteiger partial charge in [-0.2, -0.15) is 0 Å². The highest BCUT2D eigenvalue weighted by Crippen LogP contribution is 2.30. The van der Waals surface area contributed by atoms with Gasteiger partial charge in [0.15, 0.2) is 0 Å². The molecular weight excluding hydrogens is 218 g/mol. The molecule has 2 rings (SSSR count). The molecule has 1 aliphatic rings. The van der Waals surface area contributed by atoms with Gasteiger partial charge in [-0.05, 0) is 30.9 Å². The summed E-state index contributed by atoms with van der Waals surface area (Å²) in [7, 11) is 0. The van der Waals surface area contributed by atoms with Crippen LogP contribution in [0, 0.1) is 5.92 Å². The van der Waals surface area contributed by atoms with E-state index in [0.29, 0.717) is 12.5 Å². The van der Waals surface area contributed by atoms with E-state index >= 15 is 0 Å². The number of carboxylic acid groups (broad SMARTS) is 1. The number of carbonyl (C=O) groups is 1. The molecule has 0 amide bonds. The third-order valence-electron chi connectivity index (χ3n) is 3.02. The number of furan rings is 1. The molecule has 0 aromatic carbocycles. The molecule has 17 heavy (non-hydrogen) atoms. The fourth-order valence-electron chi connectivity index (χ4n) is 1.96. The van der Waals surface area contributed by atoms with Crippen LogP contribution in [0.4, 0.5) is 0 Å². The Morgan fingerprint density at radius 1 is 1.47 bits per heavy atom. The molecule has 0 radical (unpaired) electrons. The zero-order valence-electron chi connectivity index (χ0n) is 10.2. The van der Waals surface area contributed by atoms with Crippen molar-refractivity contribution in [3.63, 3.8) is 0 Å². The van der Waals surface area contributed by atoms with Crippen molar-refractivity contribution in [3.8, 4) is 0 Å². The fourth-order valence-corrected chi connectivity index (χ4v) is 1.96. The van der Waals surface area contributed by atoms with Gasteiger partial charge in [0.1, 0.15) is 11.5 Å². The van der Waals surface area contributed by atoms with Gasteiger partial charge in [-0.15, -0.1) is 0 Å². The maximum absolute atomic E-state index is 10.8. The van der Waals surface area contributed by atoms with E-state index in [1.807, 2.05) is 24.0 Å². The minimum absolute atomic E-state index is 0.0959. The molecular formula is C13H19NO3. The van der Waals surface area contributed by atoms with E-state index in [1.54, 1.807) is 0 Å². The molecule has 1 aromatic heterocycles. The Morgan fingerprint density at radius 2 is 2.18 bits per heavy atom. The van der Waals surface area contributed by atoms with E-state index in [-0.39, 0.29) is 6.54 Å². The molecule has 94 valence electrons. The number of hydrogen-bond acceptors (Lipinski definition) is 3. The highest BCUT2D eigenvalue weighted by Gasteiger charge is 2.25. The first-order valence-corrected chi connectivity index (χ1v) is 6.19. The van der Waals surface area contributed by atoms with Crippen molar-refractivity contribution in [2.24, 2.45) is 5.92 Å². The summed E-state index contributed by atoms with van der Waals surface area (Å²) in [5, 5.41) is 8.87. The van der Waals surface area contributed by atoms with Crippen molar-refractivity contribution in [1.29, 1.82) is 0 Å². The maximum atomic E-state index is 10.8. The zero-order chi connectivity index (χ0) is 12.3. The summed E-state index contributed by atoms with van der Waals surface area (Å²) in [5.41, 5.74) is 0. The van der Waals surface area contributed by atoms with Crippen molar-refractivity contribution in [2.45, 2.75) is 32.7 Å². The van der Waals surface area contributed by atoms with Crippen molar-refractivity contribution in [3.05, 3.63) is 23.7 Å². The zero-order valence-corrected chi connectivity index (χ0v) is 10.2. The Bertz CT molecular complexity index is 382. The Hall–Kier alpha value is -1.29. The lowest BCUT2D eigenvalue weighted by molar-refractivity contribution is -0.138. The van der Waals surface area contributed by atoms with Gasteiger partial charge in [0, 0.05) is 13.0 Å². The third kappa shape index (κ3) is 3.89. The van der Waals surface area contributed by atoms with Crippen LogP contribution < -0.4 is 0 Å². The summed E-state index contributed by atoms with van der Waals surface area (Å²) in [6, 6.07) is 3.91. The second kappa shape index (κ2) is 5.36. The monoisotopic (exact) mass is 237 g/mol. The summed E-state index contributed by atoms with van der Waals surface area (Å²) in [6.07, 6.45) is 3.34. The minimum Gasteiger partial charge on any atom is -0.480 e. The summed E-state index contributed by atoms with van der Waals surface area (Å²) >= 11 is 0. The molecule has 1 N–H and O–H groups in total. The minimum atomic E-state index is -0.770. The standard InChI is InChI=1S/C13H19NO3/c1-2-11-5-6-12(17-11)8-14(9-13(15)16)7-10-3-4-10/h5-6,10H,2-4,7-9H2,1H3,(H,15,16). The van der Waals surface area contributed by atoms with Crippen molar-refractivity contribution >= 4 is 5.97 Å². The van der Waals surface area contributed by atoms with Gasteiger partial charge in [0.2, 0.25) is 0 Å². The highest BCUT2D eigenvalue weighted by atomic mass is 16.4. The number of nitrogens with zero attached hydrogens (tertiary/aromatic N) is 1. The molecule has 1 aromatic rings. The van der Waals surface area contributed by atoms with E-state index in [4.69, 9.17) is 9.52 Å². The van der Waals surface area contributed by atoms with Crippen LogP contribution in [0.5, 0.6) is 0 Å². The predicted molar refractivity (Wildman–Crippen MR) is 63.7 cm³/mol. The topological polar surface area (TPSA) is 53.7 Å². The van der Waals surface area contributed by atoms with Gasteiger partial charge < -0.3 is 9.52 Å². The van der Waals surface area contributed by atoms with Gasteiger partial charge in [0.25, 0.3) is 0 Å². The van der Waals surface area contributed by atoms with Gasteiger partial charge in [-0.1, -0.05) is 6.92 Å². The molecule has 0 saturated heterocycles. The summed E-state index contributed by atoms with van der Waals surface area (Å²) in [4.78, 5) is 12.7. The third-order valence-corrected chi connectivity index (χ3v) is 3.02. The summed E-state index contributed by atoms with van der Waals surface area (Å²) in [6.45, 7) is 3.61. The van der Waals surface area contributed by atoms with Crippen LogP contribution in [-0.2, 0) is 17.8 Å². The van der Waals surface area contributed by atoms with Crippen LogP contribution in [0.2, 0.25) is 0 Å². The molecule has 4 heteroatoms. The largest absolute Gasteiger partial charge is 0.480 e. The van der Waals surface area contributed by atoms with Crippen LogP contribution in [0.25, 0.3) is 0 Å². The maximum Gasteiger partial charge on any atom is 0.317 e. The molecule has 1 fully saturated rings. The molecule has 0 unspecified atom stereocenters. The number of aryl methyl sites for hydroxylation is 1. The van der Waals surface area contributed by atoms with Crippen molar-refractivity contribution in [1.82, 2.24) is 4.90 Å². The van der Waals surface area contributed by atoms with Gasteiger partial charge in [0.05, 0.1) is 13.1 Å². The number of rotatable bonds is 7. The average molecular weight is 237 g/mol. The van der Waals surface area contributed by atoms with Crippen molar-refractivity contribution in [2.75, 3.05) is 13.1 Å². The van der Waals surface area contributed by atoms with Crippen LogP contribution in [-0.4, -0.2) is 29.1 Å². The first-order valence-electron chi connectivity index (χ1n) is 6.19. The summed E-state index contributed by atoms with van der Waals surface area (Å²) in [5.74, 6) is 1.74. The predicted octanol–water partition coefficient (Wildman–Crippen LogP) is 2.14. The molecule has 1 saturated carbocycles. The smallest absolute Gasteiger partial charge is 0.317 e. The Labute approximate surface area is 101 Å². The van der Waals surface area contributed by atoms with Crippen LogP contribution >= 0.6 is 0 Å². The number of aliphatic carboxylic acids is 1. The van der Waals surface area contributed by atoms with E-state index in [1.165, 1.54) is 12.8 Å². The Kier molecular flexibility index (Phi) is 3.84. The quantitative estimate of drug-likeness (QED) is 0.789. The van der Waals surface area contributed by atoms with Gasteiger partial charge in [-0.3, -0.25) is 9.69 Å². The highest BCUT2D eigenvalue weighted by molar-refractivity contribution is 5.69. The second-order valence-corrected chi connectivity index (χ2v) is 4.73. The fraction of sp³-hybridized carbons (Fsp3) is 0.615. The van der Waals surface area contributed by atoms with Crippen LogP contribution in [0.15, 0.2) is 16.5 Å². The van der Waals surface area contributed by atoms with E-state index < -0.39 is 5.97 Å². The molecule has 4 nitrogen and oxygen atoms in total. The Balaban J connectivity index is 1.92. The molecule has 0 spiro atoms. The lowest BCUT2D eigenvalue weighted by Crippen LogP contribution is -2.31. The molecule has 1 aliphatic carbocycles. The number of hydrogen-bond donors (Lipinski definition) is 1. The molecule has 1 heterocycles. The SMILES string of the molecule is CCc1ccc(CN(CC(=O)O)CC2CC2)o1. The molecule has 0 aliphatic heterocycles. The first kappa shape index (κ1) is 12.2. The second-order valence-electron chi connectivity index (χ2n) is 4.73. The Morgan fingerprint density at radius 3 is 2.71 bits per heavy atom. The van der Waals surface area contributed by atoms with Crippen molar-refractivity contribution < 1.29 is 14.3 Å². The van der Waals surface area contributed by atoms with E-state index in [0.717, 1.165) is 24.5 Å². The lowest BCUT2D eigenvalue weighted by atomic mass is 10.3. The van der Waals surface area contributed by atoms with E-state index in [2.05, 4.69) is 0 Å². The van der Waals surface area contributed by atoms with Crippen LogP contribution in [0.3, 0.4) is 0 Å².